The van der Waals surface area contributed by atoms with Crippen molar-refractivity contribution in [2.75, 3.05) is 13.8 Å². The maximum absolute atomic E-state index is 12.8. The molecule has 0 unspecified atom stereocenters. The van der Waals surface area contributed by atoms with Crippen LogP contribution in [0.4, 0.5) is 4.79 Å². The van der Waals surface area contributed by atoms with Crippen molar-refractivity contribution in [3.63, 3.8) is 0 Å². The first-order valence-corrected chi connectivity index (χ1v) is 8.06. The Kier molecular flexibility index (Phi) is 3.13. The Bertz CT molecular complexity index is 781. The fraction of sp³-hybridized carbons (Fsp3) is 0.444. The number of carbonyl (C=O) groups excluding carboxylic acids is 2. The van der Waals surface area contributed by atoms with Gasteiger partial charge < -0.3 is 19.7 Å². The summed E-state index contributed by atoms with van der Waals surface area (Å²) in [6.07, 6.45) is 1.19. The molecule has 1 aromatic carbocycles. The Labute approximate surface area is 140 Å². The highest BCUT2D eigenvalue weighted by molar-refractivity contribution is 6.01. The van der Waals surface area contributed by atoms with Crippen LogP contribution < -0.4 is 14.8 Å². The van der Waals surface area contributed by atoms with Gasteiger partial charge in [-0.05, 0) is 29.5 Å². The maximum Gasteiger partial charge on any atom is 0.322 e. The smallest absolute Gasteiger partial charge is 0.322 e. The van der Waals surface area contributed by atoms with E-state index in [0.717, 1.165) is 11.3 Å². The minimum absolute atomic E-state index is 0.0933. The Hall–Kier alpha value is -2.50. The molecular formula is C18H20N2O4. The number of ketones is 1. The van der Waals surface area contributed by atoms with Crippen LogP contribution >= 0.6 is 0 Å². The van der Waals surface area contributed by atoms with Crippen LogP contribution in [-0.2, 0) is 4.79 Å². The number of nitrogens with zero attached hydrogens (tertiary/aromatic N) is 1. The number of urea groups is 1. The summed E-state index contributed by atoms with van der Waals surface area (Å²) in [5.74, 6) is 1.42. The van der Waals surface area contributed by atoms with Crippen LogP contribution in [0.2, 0.25) is 0 Å². The van der Waals surface area contributed by atoms with E-state index in [0.29, 0.717) is 29.9 Å². The summed E-state index contributed by atoms with van der Waals surface area (Å²) >= 11 is 0. The summed E-state index contributed by atoms with van der Waals surface area (Å²) in [5, 5.41) is 2.94. The van der Waals surface area contributed by atoms with Crippen molar-refractivity contribution in [3.8, 4) is 11.5 Å². The third-order valence-electron chi connectivity index (χ3n) is 4.89. The predicted molar refractivity (Wildman–Crippen MR) is 86.6 cm³/mol. The standard InChI is InChI=1S/C18H20N2O4/c1-18(2)7-11-15(12(21)8-18)16(19-17(22)20(11)3)10-4-5-13-14(6-10)24-9-23-13/h4-6,16H,7-9H2,1-3H3,(H,19,22)/t16-/m0/s1. The van der Waals surface area contributed by atoms with Gasteiger partial charge in [0.2, 0.25) is 6.79 Å². The topological polar surface area (TPSA) is 67.9 Å². The normalized spacial score (nSPS) is 24.8. The molecule has 0 saturated carbocycles. The second-order valence-electron chi connectivity index (χ2n) is 7.36. The van der Waals surface area contributed by atoms with Crippen molar-refractivity contribution in [2.45, 2.75) is 32.7 Å². The number of Topliss-reactive ketones (excluding diaryl/α,β-unsaturated/α-hetero) is 1. The van der Waals surface area contributed by atoms with E-state index in [2.05, 4.69) is 19.2 Å². The molecule has 3 aliphatic rings. The highest BCUT2D eigenvalue weighted by Gasteiger charge is 2.42. The summed E-state index contributed by atoms with van der Waals surface area (Å²) in [6, 6.07) is 4.90. The van der Waals surface area contributed by atoms with Crippen LogP contribution in [0.25, 0.3) is 0 Å². The van der Waals surface area contributed by atoms with E-state index in [1.54, 1.807) is 11.9 Å². The first kappa shape index (κ1) is 15.1. The highest BCUT2D eigenvalue weighted by atomic mass is 16.7. The monoisotopic (exact) mass is 328 g/mol. The van der Waals surface area contributed by atoms with Crippen molar-refractivity contribution >= 4 is 11.8 Å². The third kappa shape index (κ3) is 2.25. The number of fused-ring (bicyclic) bond motifs is 1. The molecule has 0 radical (unpaired) electrons. The van der Waals surface area contributed by atoms with E-state index >= 15 is 0 Å². The van der Waals surface area contributed by atoms with E-state index in [-0.39, 0.29) is 24.0 Å². The second kappa shape index (κ2) is 5.00. The van der Waals surface area contributed by atoms with Gasteiger partial charge in [-0.15, -0.1) is 0 Å². The van der Waals surface area contributed by atoms with E-state index < -0.39 is 6.04 Å². The third-order valence-corrected chi connectivity index (χ3v) is 4.89. The lowest BCUT2D eigenvalue weighted by Crippen LogP contribution is -2.49. The van der Waals surface area contributed by atoms with Gasteiger partial charge in [0.05, 0.1) is 6.04 Å². The SMILES string of the molecule is CN1C(=O)N[C@@H](c2ccc3c(c2)OCO3)C2=C1CC(C)(C)CC2=O. The Morgan fingerprint density at radius 3 is 2.71 bits per heavy atom. The van der Waals surface area contributed by atoms with Crippen molar-refractivity contribution in [1.29, 1.82) is 0 Å². The van der Waals surface area contributed by atoms with Crippen LogP contribution in [0.1, 0.15) is 38.3 Å². The van der Waals surface area contributed by atoms with Crippen molar-refractivity contribution < 1.29 is 19.1 Å². The van der Waals surface area contributed by atoms with E-state index in [1.165, 1.54) is 0 Å². The highest BCUT2D eigenvalue weighted by Crippen LogP contribution is 2.45. The molecule has 1 aromatic rings. The average molecular weight is 328 g/mol. The largest absolute Gasteiger partial charge is 0.454 e. The summed E-state index contributed by atoms with van der Waals surface area (Å²) in [4.78, 5) is 26.8. The van der Waals surface area contributed by atoms with Crippen molar-refractivity contribution in [2.24, 2.45) is 5.41 Å². The molecule has 126 valence electrons. The first-order valence-electron chi connectivity index (χ1n) is 8.06. The Morgan fingerprint density at radius 2 is 1.92 bits per heavy atom. The molecule has 1 aliphatic carbocycles. The van der Waals surface area contributed by atoms with Gasteiger partial charge in [-0.3, -0.25) is 4.79 Å². The molecular weight excluding hydrogens is 308 g/mol. The lowest BCUT2D eigenvalue weighted by molar-refractivity contribution is -0.118. The van der Waals surface area contributed by atoms with Gasteiger partial charge in [-0.1, -0.05) is 19.9 Å². The number of nitrogens with one attached hydrogen (secondary N) is 1. The first-order chi connectivity index (χ1) is 11.4. The van der Waals surface area contributed by atoms with Gasteiger partial charge in [0.1, 0.15) is 0 Å². The fourth-order valence-corrected chi connectivity index (χ4v) is 3.69. The molecule has 0 saturated heterocycles. The number of hydrogen-bond acceptors (Lipinski definition) is 4. The van der Waals surface area contributed by atoms with Gasteiger partial charge in [-0.25, -0.2) is 4.79 Å². The molecule has 6 heteroatoms. The summed E-state index contributed by atoms with van der Waals surface area (Å²) < 4.78 is 10.8. The molecule has 0 bridgehead atoms. The second-order valence-corrected chi connectivity index (χ2v) is 7.36. The van der Waals surface area contributed by atoms with E-state index in [4.69, 9.17) is 9.47 Å². The summed E-state index contributed by atoms with van der Waals surface area (Å²) in [6.45, 7) is 4.31. The molecule has 2 aliphatic heterocycles. The number of rotatable bonds is 1. The molecule has 2 amide bonds. The number of allylic oxidation sites excluding steroid dienone is 1. The molecule has 0 fully saturated rings. The fourth-order valence-electron chi connectivity index (χ4n) is 3.69. The van der Waals surface area contributed by atoms with Gasteiger partial charge in [0, 0.05) is 24.7 Å². The molecule has 2 heterocycles. The molecule has 1 N–H and O–H groups in total. The quantitative estimate of drug-likeness (QED) is 0.861. The number of amides is 2. The summed E-state index contributed by atoms with van der Waals surface area (Å²) in [7, 11) is 1.72. The van der Waals surface area contributed by atoms with E-state index in [9.17, 15) is 9.59 Å². The zero-order valence-electron chi connectivity index (χ0n) is 14.0. The zero-order chi connectivity index (χ0) is 17.1. The lowest BCUT2D eigenvalue weighted by Gasteiger charge is -2.42. The van der Waals surface area contributed by atoms with Crippen LogP contribution in [0.5, 0.6) is 11.5 Å². The van der Waals surface area contributed by atoms with Crippen LogP contribution in [0.15, 0.2) is 29.5 Å². The van der Waals surface area contributed by atoms with Crippen molar-refractivity contribution in [3.05, 3.63) is 35.0 Å². The minimum Gasteiger partial charge on any atom is -0.454 e. The number of hydrogen-bond donors (Lipinski definition) is 1. The van der Waals surface area contributed by atoms with Crippen molar-refractivity contribution in [1.82, 2.24) is 10.2 Å². The summed E-state index contributed by atoms with van der Waals surface area (Å²) in [5.41, 5.74) is 2.21. The van der Waals surface area contributed by atoms with Gasteiger partial charge in [0.15, 0.2) is 17.3 Å². The van der Waals surface area contributed by atoms with E-state index in [1.807, 2.05) is 18.2 Å². The van der Waals surface area contributed by atoms with Crippen LogP contribution in [0.3, 0.4) is 0 Å². The number of carbonyl (C=O) groups is 2. The molecule has 6 nitrogen and oxygen atoms in total. The zero-order valence-corrected chi connectivity index (χ0v) is 14.0. The average Bonchev–Trinajstić information content (AvgIpc) is 2.97. The Balaban J connectivity index is 1.82. The number of benzene rings is 1. The lowest BCUT2D eigenvalue weighted by atomic mass is 9.72. The van der Waals surface area contributed by atoms with Gasteiger partial charge >= 0.3 is 6.03 Å². The van der Waals surface area contributed by atoms with Gasteiger partial charge in [-0.2, -0.15) is 0 Å². The van der Waals surface area contributed by atoms with Crippen LogP contribution in [-0.4, -0.2) is 30.6 Å². The molecule has 4 rings (SSSR count). The number of ether oxygens (including phenoxy) is 2. The Morgan fingerprint density at radius 1 is 1.17 bits per heavy atom. The molecule has 0 aromatic heterocycles. The predicted octanol–water partition coefficient (Wildman–Crippen LogP) is 2.75. The van der Waals surface area contributed by atoms with Gasteiger partial charge in [0.25, 0.3) is 0 Å². The molecule has 0 spiro atoms. The maximum atomic E-state index is 12.8. The molecule has 24 heavy (non-hydrogen) atoms. The minimum atomic E-state index is -0.443. The molecule has 1 atom stereocenters. The van der Waals surface area contributed by atoms with Crippen LogP contribution in [0, 0.1) is 5.41 Å².